The molecular weight excluding hydrogens is 234 g/mol. The molecule has 2 heterocycles. The molecule has 0 unspecified atom stereocenters. The first-order valence-corrected chi connectivity index (χ1v) is 7.99. The third-order valence-corrected chi connectivity index (χ3v) is 6.36. The van der Waals surface area contributed by atoms with E-state index in [1.165, 1.54) is 44.2 Å². The monoisotopic (exact) mass is 257 g/mol. The predicted octanol–water partition coefficient (Wildman–Crippen LogP) is 2.49. The van der Waals surface area contributed by atoms with Crippen LogP contribution in [-0.4, -0.2) is 9.78 Å². The van der Waals surface area contributed by atoms with Gasteiger partial charge in [0.1, 0.15) is 0 Å². The first-order valence-electron chi connectivity index (χ1n) is 7.99. The zero-order chi connectivity index (χ0) is 12.6. The van der Waals surface area contributed by atoms with Gasteiger partial charge in [0.05, 0.1) is 5.69 Å². The van der Waals surface area contributed by atoms with Crippen LogP contribution in [0, 0.1) is 17.8 Å². The molecule has 3 nitrogen and oxygen atoms in total. The summed E-state index contributed by atoms with van der Waals surface area (Å²) in [5.74, 6) is 3.06. The SMILES string of the molecule is Cn1nc2c(c1C13CC4CC(CC(C4)C1)C3)CNC2. The molecule has 0 aromatic carbocycles. The Labute approximate surface area is 114 Å². The maximum absolute atomic E-state index is 4.80. The minimum atomic E-state index is 0.496. The number of nitrogens with zero attached hydrogens (tertiary/aromatic N) is 2. The summed E-state index contributed by atoms with van der Waals surface area (Å²) >= 11 is 0. The zero-order valence-corrected chi connectivity index (χ0v) is 11.8. The van der Waals surface area contributed by atoms with E-state index < -0.39 is 0 Å². The molecule has 0 radical (unpaired) electrons. The average Bonchev–Trinajstić information content (AvgIpc) is 2.85. The van der Waals surface area contributed by atoms with Crippen LogP contribution in [0.4, 0.5) is 0 Å². The molecule has 4 aliphatic carbocycles. The Morgan fingerprint density at radius 3 is 2.32 bits per heavy atom. The van der Waals surface area contributed by atoms with E-state index in [-0.39, 0.29) is 0 Å². The second-order valence-electron chi connectivity index (χ2n) is 7.70. The Bertz CT molecular complexity index is 507. The van der Waals surface area contributed by atoms with Gasteiger partial charge in [-0.05, 0) is 56.3 Å². The van der Waals surface area contributed by atoms with Gasteiger partial charge in [0.25, 0.3) is 0 Å². The Morgan fingerprint density at radius 1 is 1.05 bits per heavy atom. The summed E-state index contributed by atoms with van der Waals surface area (Å²) in [6.07, 6.45) is 8.92. The smallest absolute Gasteiger partial charge is 0.0810 e. The molecule has 1 aliphatic heterocycles. The standard InChI is InChI=1S/C16H23N3/c1-19-15(13-8-17-9-14(13)18-19)16-5-10-2-11(6-16)4-12(3-10)7-16/h10-12,17H,2-9H2,1H3. The van der Waals surface area contributed by atoms with Gasteiger partial charge in [-0.1, -0.05) is 0 Å². The van der Waals surface area contributed by atoms with Crippen LogP contribution >= 0.6 is 0 Å². The Balaban J connectivity index is 1.66. The van der Waals surface area contributed by atoms with Gasteiger partial charge < -0.3 is 5.32 Å². The fraction of sp³-hybridized carbons (Fsp3) is 0.812. The summed E-state index contributed by atoms with van der Waals surface area (Å²) in [5, 5.41) is 8.29. The molecule has 0 atom stereocenters. The fourth-order valence-electron chi connectivity index (χ4n) is 6.32. The van der Waals surface area contributed by atoms with Gasteiger partial charge in [-0.3, -0.25) is 4.68 Å². The number of hydrogen-bond donors (Lipinski definition) is 1. The molecule has 1 aromatic rings. The van der Waals surface area contributed by atoms with E-state index in [1.54, 1.807) is 11.3 Å². The van der Waals surface area contributed by atoms with E-state index in [0.29, 0.717) is 5.41 Å². The molecule has 3 heteroatoms. The lowest BCUT2D eigenvalue weighted by atomic mass is 9.48. The second kappa shape index (κ2) is 3.43. The molecule has 102 valence electrons. The van der Waals surface area contributed by atoms with Gasteiger partial charge in [0.2, 0.25) is 0 Å². The molecule has 0 saturated heterocycles. The van der Waals surface area contributed by atoms with E-state index in [9.17, 15) is 0 Å². The van der Waals surface area contributed by atoms with E-state index in [0.717, 1.165) is 30.8 Å². The van der Waals surface area contributed by atoms with Gasteiger partial charge in [-0.15, -0.1) is 0 Å². The minimum absolute atomic E-state index is 0.496. The van der Waals surface area contributed by atoms with Crippen molar-refractivity contribution in [1.29, 1.82) is 0 Å². The van der Waals surface area contributed by atoms with Crippen molar-refractivity contribution in [2.45, 2.75) is 57.0 Å². The number of hydrogen-bond acceptors (Lipinski definition) is 2. The lowest BCUT2D eigenvalue weighted by molar-refractivity contribution is -0.00930. The fourth-order valence-corrected chi connectivity index (χ4v) is 6.32. The average molecular weight is 257 g/mol. The number of aromatic nitrogens is 2. The first kappa shape index (κ1) is 10.9. The zero-order valence-electron chi connectivity index (χ0n) is 11.8. The molecule has 19 heavy (non-hydrogen) atoms. The maximum atomic E-state index is 4.80. The predicted molar refractivity (Wildman–Crippen MR) is 73.6 cm³/mol. The highest BCUT2D eigenvalue weighted by Gasteiger charge is 2.53. The summed E-state index contributed by atoms with van der Waals surface area (Å²) in [4.78, 5) is 0. The highest BCUT2D eigenvalue weighted by atomic mass is 15.3. The van der Waals surface area contributed by atoms with E-state index in [1.807, 2.05) is 0 Å². The Morgan fingerprint density at radius 2 is 1.68 bits per heavy atom. The van der Waals surface area contributed by atoms with Crippen LogP contribution in [0.2, 0.25) is 0 Å². The van der Waals surface area contributed by atoms with Crippen molar-refractivity contribution in [3.8, 4) is 0 Å². The van der Waals surface area contributed by atoms with Crippen molar-refractivity contribution in [1.82, 2.24) is 15.1 Å². The van der Waals surface area contributed by atoms with Gasteiger partial charge in [0, 0.05) is 36.8 Å². The molecule has 1 N–H and O–H groups in total. The van der Waals surface area contributed by atoms with E-state index >= 15 is 0 Å². The van der Waals surface area contributed by atoms with Crippen LogP contribution in [0.15, 0.2) is 0 Å². The van der Waals surface area contributed by atoms with Crippen molar-refractivity contribution in [3.05, 3.63) is 17.0 Å². The topological polar surface area (TPSA) is 29.9 Å². The summed E-state index contributed by atoms with van der Waals surface area (Å²) in [6, 6.07) is 0. The number of nitrogens with one attached hydrogen (secondary N) is 1. The van der Waals surface area contributed by atoms with Crippen LogP contribution in [0.25, 0.3) is 0 Å². The van der Waals surface area contributed by atoms with Crippen LogP contribution in [0.3, 0.4) is 0 Å². The van der Waals surface area contributed by atoms with Crippen molar-refractivity contribution < 1.29 is 0 Å². The van der Waals surface area contributed by atoms with Crippen molar-refractivity contribution in [3.63, 3.8) is 0 Å². The molecule has 6 rings (SSSR count). The Hall–Kier alpha value is -0.830. The van der Waals surface area contributed by atoms with E-state index in [4.69, 9.17) is 5.10 Å². The maximum Gasteiger partial charge on any atom is 0.0810 e. The van der Waals surface area contributed by atoms with Crippen molar-refractivity contribution in [2.75, 3.05) is 0 Å². The third kappa shape index (κ3) is 1.35. The van der Waals surface area contributed by atoms with Crippen molar-refractivity contribution >= 4 is 0 Å². The van der Waals surface area contributed by atoms with Crippen LogP contribution in [-0.2, 0) is 25.6 Å². The normalized spacial score (nSPS) is 42.9. The molecule has 4 saturated carbocycles. The molecule has 1 aromatic heterocycles. The molecule has 4 fully saturated rings. The molecular formula is C16H23N3. The summed E-state index contributed by atoms with van der Waals surface area (Å²) < 4.78 is 2.25. The van der Waals surface area contributed by atoms with Crippen LogP contribution in [0.1, 0.15) is 55.5 Å². The number of rotatable bonds is 1. The van der Waals surface area contributed by atoms with Crippen LogP contribution in [0.5, 0.6) is 0 Å². The largest absolute Gasteiger partial charge is 0.307 e. The van der Waals surface area contributed by atoms with Gasteiger partial charge in [-0.2, -0.15) is 5.10 Å². The van der Waals surface area contributed by atoms with E-state index in [2.05, 4.69) is 17.0 Å². The lowest BCUT2D eigenvalue weighted by Crippen LogP contribution is -2.49. The highest BCUT2D eigenvalue weighted by molar-refractivity contribution is 5.37. The van der Waals surface area contributed by atoms with Gasteiger partial charge in [0.15, 0.2) is 0 Å². The molecule has 0 amide bonds. The molecule has 5 aliphatic rings. The van der Waals surface area contributed by atoms with Gasteiger partial charge >= 0.3 is 0 Å². The van der Waals surface area contributed by atoms with Crippen molar-refractivity contribution in [2.24, 2.45) is 24.8 Å². The minimum Gasteiger partial charge on any atom is -0.307 e. The first-order chi connectivity index (χ1) is 9.23. The highest BCUT2D eigenvalue weighted by Crippen LogP contribution is 2.61. The quantitative estimate of drug-likeness (QED) is 0.837. The third-order valence-electron chi connectivity index (χ3n) is 6.36. The summed E-state index contributed by atoms with van der Waals surface area (Å²) in [7, 11) is 2.19. The number of aryl methyl sites for hydroxylation is 1. The molecule has 0 spiro atoms. The van der Waals surface area contributed by atoms with Gasteiger partial charge in [-0.25, -0.2) is 0 Å². The Kier molecular flexibility index (Phi) is 1.97. The summed E-state index contributed by atoms with van der Waals surface area (Å²) in [6.45, 7) is 2.04. The molecule has 4 bridgehead atoms. The number of fused-ring (bicyclic) bond motifs is 1. The second-order valence-corrected chi connectivity index (χ2v) is 7.70. The summed E-state index contributed by atoms with van der Waals surface area (Å²) in [5.41, 5.74) is 5.00. The lowest BCUT2D eigenvalue weighted by Gasteiger charge is -2.57. The van der Waals surface area contributed by atoms with Crippen LogP contribution < -0.4 is 5.32 Å².